The van der Waals surface area contributed by atoms with Crippen LogP contribution in [0.4, 0.5) is 0 Å². The minimum Gasteiger partial charge on any atom is -0.388 e. The minimum atomic E-state index is -3.51. The Bertz CT molecular complexity index is 706. The quantitative estimate of drug-likeness (QED) is 0.864. The Labute approximate surface area is 138 Å². The van der Waals surface area contributed by atoms with Gasteiger partial charge in [0.1, 0.15) is 0 Å². The number of benzene rings is 1. The van der Waals surface area contributed by atoms with Crippen LogP contribution < -0.4 is 0 Å². The third kappa shape index (κ3) is 2.06. The van der Waals surface area contributed by atoms with Gasteiger partial charge in [0.25, 0.3) is 0 Å². The number of aryl methyl sites for hydroxylation is 1. The molecule has 23 heavy (non-hydrogen) atoms. The molecule has 0 aromatic heterocycles. The molecule has 126 valence electrons. The van der Waals surface area contributed by atoms with Crippen LogP contribution in [0.15, 0.2) is 29.2 Å². The number of hydrogen-bond acceptors (Lipinski definition) is 3. The number of nitrogens with zero attached hydrogens (tertiary/aromatic N) is 1. The second kappa shape index (κ2) is 5.04. The molecule has 4 rings (SSSR count). The summed E-state index contributed by atoms with van der Waals surface area (Å²) < 4.78 is 27.9. The summed E-state index contributed by atoms with van der Waals surface area (Å²) >= 11 is 0. The zero-order valence-corrected chi connectivity index (χ0v) is 14.5. The third-order valence-corrected chi connectivity index (χ3v) is 8.23. The van der Waals surface area contributed by atoms with Crippen LogP contribution in [-0.4, -0.2) is 35.0 Å². The number of piperidine rings is 1. The second-order valence-electron chi connectivity index (χ2n) is 7.54. The number of rotatable bonds is 3. The van der Waals surface area contributed by atoms with Crippen molar-refractivity contribution >= 4 is 10.0 Å². The molecule has 0 amide bonds. The lowest BCUT2D eigenvalue weighted by molar-refractivity contribution is -0.0414. The standard InChI is InChI=1S/C18H25NO3S/c1-14-7-9-15(10-8-14)23(21,22)19-16-6-5-13-18(16,19)17(20)11-3-2-4-12-17/h7-10,16,20H,2-6,11-13H2,1H3/t16-,18+,19?/m0/s1. The lowest BCUT2D eigenvalue weighted by atomic mass is 9.74. The first-order chi connectivity index (χ1) is 10.9. The summed E-state index contributed by atoms with van der Waals surface area (Å²) in [7, 11) is -3.51. The molecule has 4 nitrogen and oxygen atoms in total. The fourth-order valence-electron chi connectivity index (χ4n) is 5.09. The molecule has 3 atom stereocenters. The van der Waals surface area contributed by atoms with Gasteiger partial charge in [0.2, 0.25) is 10.0 Å². The fraction of sp³-hybridized carbons (Fsp3) is 0.667. The van der Waals surface area contributed by atoms with Gasteiger partial charge in [0.15, 0.2) is 0 Å². The van der Waals surface area contributed by atoms with Crippen LogP contribution in [0.1, 0.15) is 56.9 Å². The van der Waals surface area contributed by atoms with E-state index in [9.17, 15) is 13.5 Å². The highest BCUT2D eigenvalue weighted by molar-refractivity contribution is 7.89. The first-order valence-electron chi connectivity index (χ1n) is 8.75. The predicted molar refractivity (Wildman–Crippen MR) is 88.6 cm³/mol. The van der Waals surface area contributed by atoms with Gasteiger partial charge in [-0.15, -0.1) is 0 Å². The highest BCUT2D eigenvalue weighted by atomic mass is 32.2. The van der Waals surface area contributed by atoms with Crippen LogP contribution in [0.3, 0.4) is 0 Å². The van der Waals surface area contributed by atoms with Crippen molar-refractivity contribution in [3.63, 3.8) is 0 Å². The van der Waals surface area contributed by atoms with E-state index in [0.717, 1.165) is 56.9 Å². The Morgan fingerprint density at radius 1 is 1.04 bits per heavy atom. The Hall–Kier alpha value is -0.910. The summed E-state index contributed by atoms with van der Waals surface area (Å²) in [6, 6.07) is 7.06. The first-order valence-corrected chi connectivity index (χ1v) is 10.2. The summed E-state index contributed by atoms with van der Waals surface area (Å²) in [4.78, 5) is 0.358. The zero-order valence-electron chi connectivity index (χ0n) is 13.7. The molecule has 3 aliphatic rings. The maximum atomic E-state index is 13.1. The van der Waals surface area contributed by atoms with Crippen LogP contribution in [-0.2, 0) is 10.0 Å². The SMILES string of the molecule is Cc1ccc(S(=O)(=O)N2[C@H]3CCC[C@]32C2(O)CCCCC2)cc1. The number of hydrogen-bond donors (Lipinski definition) is 1. The van der Waals surface area contributed by atoms with Crippen molar-refractivity contribution in [3.8, 4) is 0 Å². The van der Waals surface area contributed by atoms with Gasteiger partial charge >= 0.3 is 0 Å². The maximum Gasteiger partial charge on any atom is 0.244 e. The van der Waals surface area contributed by atoms with E-state index in [1.807, 2.05) is 19.1 Å². The molecule has 2 aliphatic carbocycles. The molecule has 1 N–H and O–H groups in total. The van der Waals surface area contributed by atoms with Crippen LogP contribution in [0.25, 0.3) is 0 Å². The van der Waals surface area contributed by atoms with E-state index in [1.165, 1.54) is 0 Å². The first kappa shape index (κ1) is 15.6. The summed E-state index contributed by atoms with van der Waals surface area (Å²) in [5.74, 6) is 0. The van der Waals surface area contributed by atoms with Crippen molar-refractivity contribution in [1.29, 1.82) is 0 Å². The molecule has 0 spiro atoms. The lowest BCUT2D eigenvalue weighted by Gasteiger charge is -2.39. The Morgan fingerprint density at radius 3 is 2.35 bits per heavy atom. The van der Waals surface area contributed by atoms with Gasteiger partial charge in [-0.05, 0) is 51.2 Å². The van der Waals surface area contributed by atoms with Crippen molar-refractivity contribution in [2.45, 2.75) is 80.4 Å². The summed E-state index contributed by atoms with van der Waals surface area (Å²) in [5.41, 5.74) is -0.308. The molecule has 1 heterocycles. The fourth-order valence-corrected chi connectivity index (χ4v) is 7.17. The Balaban J connectivity index is 1.71. The largest absolute Gasteiger partial charge is 0.388 e. The van der Waals surface area contributed by atoms with Gasteiger partial charge < -0.3 is 5.11 Å². The topological polar surface area (TPSA) is 57.4 Å². The number of aliphatic hydroxyl groups is 1. The van der Waals surface area contributed by atoms with Crippen LogP contribution in [0.2, 0.25) is 0 Å². The molecule has 1 aromatic carbocycles. The van der Waals surface area contributed by atoms with Crippen molar-refractivity contribution in [3.05, 3.63) is 29.8 Å². The summed E-state index contributed by atoms with van der Waals surface area (Å²) in [6.07, 6.45) is 7.34. The van der Waals surface area contributed by atoms with Crippen molar-refractivity contribution < 1.29 is 13.5 Å². The van der Waals surface area contributed by atoms with Crippen LogP contribution in [0, 0.1) is 6.92 Å². The van der Waals surface area contributed by atoms with Gasteiger partial charge in [0.05, 0.1) is 16.0 Å². The molecule has 0 radical (unpaired) electrons. The molecule has 1 aliphatic heterocycles. The van der Waals surface area contributed by atoms with E-state index in [4.69, 9.17) is 0 Å². The number of fused-ring (bicyclic) bond motifs is 1. The third-order valence-electron chi connectivity index (χ3n) is 6.26. The molecule has 5 heteroatoms. The predicted octanol–water partition coefficient (Wildman–Crippen LogP) is 2.99. The van der Waals surface area contributed by atoms with Gasteiger partial charge in [-0.1, -0.05) is 37.0 Å². The van der Waals surface area contributed by atoms with Crippen LogP contribution >= 0.6 is 0 Å². The molecule has 0 bridgehead atoms. The zero-order chi connectivity index (χ0) is 16.3. The van der Waals surface area contributed by atoms with E-state index >= 15 is 0 Å². The van der Waals surface area contributed by atoms with Crippen molar-refractivity contribution in [2.24, 2.45) is 0 Å². The van der Waals surface area contributed by atoms with Gasteiger partial charge in [-0.25, -0.2) is 8.42 Å². The van der Waals surface area contributed by atoms with E-state index in [1.54, 1.807) is 16.4 Å². The Morgan fingerprint density at radius 2 is 1.70 bits per heavy atom. The Kier molecular flexibility index (Phi) is 3.42. The van der Waals surface area contributed by atoms with Crippen LogP contribution in [0.5, 0.6) is 0 Å². The average molecular weight is 335 g/mol. The second-order valence-corrected chi connectivity index (χ2v) is 9.35. The smallest absolute Gasteiger partial charge is 0.244 e. The van der Waals surface area contributed by atoms with Gasteiger partial charge in [-0.3, -0.25) is 0 Å². The number of sulfonamides is 1. The molecular formula is C18H25NO3S. The van der Waals surface area contributed by atoms with Crippen molar-refractivity contribution in [2.75, 3.05) is 0 Å². The highest BCUT2D eigenvalue weighted by Gasteiger charge is 2.77. The highest BCUT2D eigenvalue weighted by Crippen LogP contribution is 2.64. The lowest BCUT2D eigenvalue weighted by Crippen LogP contribution is -2.50. The summed E-state index contributed by atoms with van der Waals surface area (Å²) in [6.45, 7) is 1.95. The maximum absolute atomic E-state index is 13.1. The van der Waals surface area contributed by atoms with Crippen molar-refractivity contribution in [1.82, 2.24) is 4.31 Å². The summed E-state index contributed by atoms with van der Waals surface area (Å²) in [5, 5.41) is 11.3. The van der Waals surface area contributed by atoms with E-state index < -0.39 is 21.2 Å². The normalized spacial score (nSPS) is 35.7. The molecule has 1 unspecified atom stereocenters. The average Bonchev–Trinajstić information content (AvgIpc) is 3.01. The molecule has 2 saturated carbocycles. The molecular weight excluding hydrogens is 310 g/mol. The monoisotopic (exact) mass is 335 g/mol. The molecule has 1 aromatic rings. The van der Waals surface area contributed by atoms with E-state index in [2.05, 4.69) is 0 Å². The molecule has 3 fully saturated rings. The van der Waals surface area contributed by atoms with Gasteiger partial charge in [-0.2, -0.15) is 4.31 Å². The van der Waals surface area contributed by atoms with E-state index in [-0.39, 0.29) is 6.04 Å². The van der Waals surface area contributed by atoms with Gasteiger partial charge in [0, 0.05) is 6.04 Å². The molecule has 1 saturated heterocycles. The van der Waals surface area contributed by atoms with E-state index in [0.29, 0.717) is 4.90 Å². The minimum absolute atomic E-state index is 0.00287.